The molecule has 0 amide bonds. The van der Waals surface area contributed by atoms with E-state index in [1.165, 1.54) is 25.8 Å². The van der Waals surface area contributed by atoms with Gasteiger partial charge in [-0.1, -0.05) is 6.42 Å². The number of halogens is 2. The van der Waals surface area contributed by atoms with Gasteiger partial charge in [0.2, 0.25) is 0 Å². The molecule has 0 radical (unpaired) electrons. The van der Waals surface area contributed by atoms with Crippen LogP contribution in [0.15, 0.2) is 0 Å². The van der Waals surface area contributed by atoms with Crippen LogP contribution in [0.2, 0.25) is 0 Å². The molecular weight excluding hydrogens is 198 g/mol. The highest BCUT2D eigenvalue weighted by molar-refractivity contribution is 4.72. The Bertz CT molecular complexity index is 165. The summed E-state index contributed by atoms with van der Waals surface area (Å²) in [7, 11) is 0. The van der Waals surface area contributed by atoms with Crippen molar-refractivity contribution in [2.24, 2.45) is 0 Å². The summed E-state index contributed by atoms with van der Waals surface area (Å²) in [5.74, 6) is 0. The molecule has 4 heteroatoms. The lowest BCUT2D eigenvalue weighted by Gasteiger charge is -2.33. The van der Waals surface area contributed by atoms with Gasteiger partial charge in [0.1, 0.15) is 0 Å². The molecule has 0 aliphatic carbocycles. The highest BCUT2D eigenvalue weighted by Gasteiger charge is 2.16. The fraction of sp³-hybridized carbons (Fsp3) is 1.00. The van der Waals surface area contributed by atoms with E-state index in [4.69, 9.17) is 0 Å². The lowest BCUT2D eigenvalue weighted by molar-refractivity contribution is 0.141. The van der Waals surface area contributed by atoms with Gasteiger partial charge in [-0.15, -0.1) is 0 Å². The zero-order chi connectivity index (χ0) is 11.1. The number of piperidine rings is 1. The van der Waals surface area contributed by atoms with Gasteiger partial charge in [0.15, 0.2) is 0 Å². The number of nitrogens with zero attached hydrogens (tertiary/aromatic N) is 1. The molecule has 1 fully saturated rings. The van der Waals surface area contributed by atoms with Gasteiger partial charge in [-0.25, -0.2) is 8.78 Å². The summed E-state index contributed by atoms with van der Waals surface area (Å²) in [6.07, 6.45) is 2.65. The van der Waals surface area contributed by atoms with E-state index in [1.54, 1.807) is 0 Å². The van der Waals surface area contributed by atoms with Gasteiger partial charge in [0.05, 0.1) is 6.54 Å². The molecule has 1 N–H and O–H groups in total. The molecule has 90 valence electrons. The molecule has 1 saturated heterocycles. The predicted octanol–water partition coefficient (Wildman–Crippen LogP) is 2.11. The second kappa shape index (κ2) is 7.12. The van der Waals surface area contributed by atoms with Gasteiger partial charge in [0, 0.05) is 6.04 Å². The maximum Gasteiger partial charge on any atom is 0.250 e. The third-order valence-corrected chi connectivity index (χ3v) is 3.04. The van der Waals surface area contributed by atoms with Crippen LogP contribution in [0.1, 0.15) is 32.6 Å². The third-order valence-electron chi connectivity index (χ3n) is 3.04. The molecule has 1 rings (SSSR count). The van der Waals surface area contributed by atoms with Crippen molar-refractivity contribution in [1.29, 1.82) is 0 Å². The molecule has 0 aromatic rings. The number of likely N-dealkylation sites (tertiary alicyclic amines) is 1. The van der Waals surface area contributed by atoms with Gasteiger partial charge in [-0.05, 0) is 45.8 Å². The van der Waals surface area contributed by atoms with Crippen molar-refractivity contribution in [3.05, 3.63) is 0 Å². The van der Waals surface area contributed by atoms with E-state index in [9.17, 15) is 8.78 Å². The summed E-state index contributed by atoms with van der Waals surface area (Å²) < 4.78 is 23.6. The summed E-state index contributed by atoms with van der Waals surface area (Å²) in [6.45, 7) is 5.00. The molecule has 1 unspecified atom stereocenters. The van der Waals surface area contributed by atoms with Gasteiger partial charge in [-0.3, -0.25) is 0 Å². The fourth-order valence-electron chi connectivity index (χ4n) is 2.11. The Hall–Kier alpha value is -0.220. The largest absolute Gasteiger partial charge is 0.311 e. The first-order valence-corrected chi connectivity index (χ1v) is 5.93. The number of alkyl halides is 2. The van der Waals surface area contributed by atoms with Crippen LogP contribution < -0.4 is 5.32 Å². The highest BCUT2D eigenvalue weighted by atomic mass is 19.3. The first-order chi connectivity index (χ1) is 7.20. The highest BCUT2D eigenvalue weighted by Crippen LogP contribution is 2.15. The van der Waals surface area contributed by atoms with Crippen molar-refractivity contribution in [3.8, 4) is 0 Å². The van der Waals surface area contributed by atoms with Crippen molar-refractivity contribution < 1.29 is 8.78 Å². The number of nitrogens with one attached hydrogen (secondary N) is 1. The van der Waals surface area contributed by atoms with E-state index in [2.05, 4.69) is 17.1 Å². The molecular formula is C11H22F2N2. The van der Waals surface area contributed by atoms with Crippen molar-refractivity contribution >= 4 is 0 Å². The van der Waals surface area contributed by atoms with Crippen LogP contribution in [-0.4, -0.2) is 43.5 Å². The molecule has 2 nitrogen and oxygen atoms in total. The molecule has 1 heterocycles. The van der Waals surface area contributed by atoms with E-state index < -0.39 is 6.43 Å². The minimum Gasteiger partial charge on any atom is -0.311 e. The van der Waals surface area contributed by atoms with Crippen molar-refractivity contribution in [1.82, 2.24) is 10.2 Å². The smallest absolute Gasteiger partial charge is 0.250 e. The summed E-state index contributed by atoms with van der Waals surface area (Å²) >= 11 is 0. The monoisotopic (exact) mass is 220 g/mol. The van der Waals surface area contributed by atoms with Gasteiger partial charge >= 0.3 is 0 Å². The number of rotatable bonds is 6. The van der Waals surface area contributed by atoms with E-state index in [-0.39, 0.29) is 6.54 Å². The minimum absolute atomic E-state index is 0.171. The SMILES string of the molecule is CC1CCCCN1CCCNCC(F)F. The van der Waals surface area contributed by atoms with E-state index in [0.717, 1.165) is 13.0 Å². The number of hydrogen-bond donors (Lipinski definition) is 1. The van der Waals surface area contributed by atoms with Crippen molar-refractivity contribution in [3.63, 3.8) is 0 Å². The topological polar surface area (TPSA) is 15.3 Å². The van der Waals surface area contributed by atoms with E-state index in [0.29, 0.717) is 12.6 Å². The normalized spacial score (nSPS) is 23.6. The standard InChI is InChI=1S/C11H22F2N2/c1-10-5-2-3-7-15(10)8-4-6-14-9-11(12)13/h10-11,14H,2-9H2,1H3. The zero-order valence-electron chi connectivity index (χ0n) is 9.51. The van der Waals surface area contributed by atoms with Crippen LogP contribution in [0.4, 0.5) is 8.78 Å². The average molecular weight is 220 g/mol. The molecule has 15 heavy (non-hydrogen) atoms. The van der Waals surface area contributed by atoms with Crippen LogP contribution in [0.5, 0.6) is 0 Å². The minimum atomic E-state index is -2.22. The maximum absolute atomic E-state index is 11.8. The molecule has 1 aliphatic heterocycles. The fourth-order valence-corrected chi connectivity index (χ4v) is 2.11. The number of hydrogen-bond acceptors (Lipinski definition) is 2. The Morgan fingerprint density at radius 1 is 1.40 bits per heavy atom. The molecule has 1 aliphatic rings. The Labute approximate surface area is 91.0 Å². The average Bonchev–Trinajstić information content (AvgIpc) is 2.20. The van der Waals surface area contributed by atoms with Gasteiger partial charge in [-0.2, -0.15) is 0 Å². The maximum atomic E-state index is 11.8. The van der Waals surface area contributed by atoms with Gasteiger partial charge < -0.3 is 10.2 Å². The second-order valence-corrected chi connectivity index (χ2v) is 4.33. The predicted molar refractivity (Wildman–Crippen MR) is 58.4 cm³/mol. The van der Waals surface area contributed by atoms with Crippen LogP contribution in [-0.2, 0) is 0 Å². The Balaban J connectivity index is 1.99. The van der Waals surface area contributed by atoms with Crippen LogP contribution in [0.25, 0.3) is 0 Å². The van der Waals surface area contributed by atoms with Gasteiger partial charge in [0.25, 0.3) is 6.43 Å². The van der Waals surface area contributed by atoms with Crippen LogP contribution in [0, 0.1) is 0 Å². The van der Waals surface area contributed by atoms with Crippen molar-refractivity contribution in [2.75, 3.05) is 26.2 Å². The van der Waals surface area contributed by atoms with Crippen molar-refractivity contribution in [2.45, 2.75) is 45.1 Å². The quantitative estimate of drug-likeness (QED) is 0.690. The molecule has 0 saturated carbocycles. The Kier molecular flexibility index (Phi) is 6.10. The second-order valence-electron chi connectivity index (χ2n) is 4.33. The van der Waals surface area contributed by atoms with Crippen LogP contribution >= 0.6 is 0 Å². The Morgan fingerprint density at radius 2 is 2.20 bits per heavy atom. The summed E-state index contributed by atoms with van der Waals surface area (Å²) in [5, 5.41) is 2.76. The van der Waals surface area contributed by atoms with Crippen LogP contribution in [0.3, 0.4) is 0 Å². The summed E-state index contributed by atoms with van der Waals surface area (Å²) in [6, 6.07) is 0.675. The lowest BCUT2D eigenvalue weighted by atomic mass is 10.0. The molecule has 0 aromatic heterocycles. The molecule has 1 atom stereocenters. The Morgan fingerprint density at radius 3 is 2.87 bits per heavy atom. The van der Waals surface area contributed by atoms with E-state index >= 15 is 0 Å². The molecule has 0 spiro atoms. The van der Waals surface area contributed by atoms with E-state index in [1.807, 2.05) is 0 Å². The summed E-state index contributed by atoms with van der Waals surface area (Å²) in [4.78, 5) is 2.47. The first-order valence-electron chi connectivity index (χ1n) is 5.93. The third kappa shape index (κ3) is 5.42. The summed E-state index contributed by atoms with van der Waals surface area (Å²) in [5.41, 5.74) is 0. The molecule has 0 aromatic carbocycles. The zero-order valence-corrected chi connectivity index (χ0v) is 9.51. The first kappa shape index (κ1) is 12.8. The lowest BCUT2D eigenvalue weighted by Crippen LogP contribution is -2.39. The molecule has 0 bridgehead atoms.